The van der Waals surface area contributed by atoms with Crippen LogP contribution in [-0.4, -0.2) is 17.2 Å². The maximum Gasteiger partial charge on any atom is 0.244 e. The average molecular weight is 412 g/mol. The van der Waals surface area contributed by atoms with Crippen LogP contribution in [0.1, 0.15) is 11.1 Å². The Balaban J connectivity index is 1.98. The van der Waals surface area contributed by atoms with Gasteiger partial charge in [-0.05, 0) is 33.6 Å². The summed E-state index contributed by atoms with van der Waals surface area (Å²) < 4.78 is 1.35. The lowest BCUT2D eigenvalue weighted by Crippen LogP contribution is -2.19. The van der Waals surface area contributed by atoms with Crippen molar-refractivity contribution in [1.82, 2.24) is 5.43 Å². The van der Waals surface area contributed by atoms with E-state index in [1.165, 1.54) is 6.21 Å². The van der Waals surface area contributed by atoms with Crippen LogP contribution in [-0.2, 0) is 11.2 Å². The van der Waals surface area contributed by atoms with E-state index in [0.717, 1.165) is 10.0 Å². The Morgan fingerprint density at radius 2 is 1.95 bits per heavy atom. The Kier molecular flexibility index (Phi) is 5.52. The zero-order valence-corrected chi connectivity index (χ0v) is 14.1. The molecule has 0 unspecified atom stereocenters. The zero-order chi connectivity index (χ0) is 15.2. The van der Waals surface area contributed by atoms with Gasteiger partial charge in [0.05, 0.1) is 17.1 Å². The van der Waals surface area contributed by atoms with Gasteiger partial charge in [-0.3, -0.25) is 4.79 Å². The molecule has 4 nitrogen and oxygen atoms in total. The molecule has 0 bridgehead atoms. The van der Waals surface area contributed by atoms with Crippen molar-refractivity contribution < 1.29 is 9.90 Å². The molecule has 0 aliphatic rings. The second-order valence-electron chi connectivity index (χ2n) is 4.28. The van der Waals surface area contributed by atoms with Gasteiger partial charge in [-0.1, -0.05) is 46.3 Å². The summed E-state index contributed by atoms with van der Waals surface area (Å²) in [5, 5.41) is 13.7. The molecule has 0 aliphatic heterocycles. The number of hydrazone groups is 1. The number of carbonyl (C=O) groups excluding carboxylic acids is 1. The first-order chi connectivity index (χ1) is 10.1. The Hall–Kier alpha value is -1.66. The predicted octanol–water partition coefficient (Wildman–Crippen LogP) is 3.61. The summed E-state index contributed by atoms with van der Waals surface area (Å²) in [6, 6.07) is 12.8. The highest BCUT2D eigenvalue weighted by molar-refractivity contribution is 9.11. The summed E-state index contributed by atoms with van der Waals surface area (Å²) in [5.74, 6) is -0.148. The topological polar surface area (TPSA) is 61.7 Å². The number of hydrogen-bond donors (Lipinski definition) is 2. The summed E-state index contributed by atoms with van der Waals surface area (Å²) in [6.45, 7) is 0. The number of nitrogens with zero attached hydrogens (tertiary/aromatic N) is 1. The molecule has 0 saturated heterocycles. The van der Waals surface area contributed by atoms with Crippen molar-refractivity contribution in [3.63, 3.8) is 0 Å². The van der Waals surface area contributed by atoms with Gasteiger partial charge >= 0.3 is 0 Å². The summed E-state index contributed by atoms with van der Waals surface area (Å²) in [5.41, 5.74) is 3.85. The Bertz CT molecular complexity index is 673. The highest BCUT2D eigenvalue weighted by atomic mass is 79.9. The number of benzene rings is 2. The monoisotopic (exact) mass is 410 g/mol. The molecule has 0 aliphatic carbocycles. The number of carbonyl (C=O) groups is 1. The molecule has 108 valence electrons. The molecule has 21 heavy (non-hydrogen) atoms. The number of phenolic OH excluding ortho intramolecular Hbond substituents is 1. The zero-order valence-electron chi connectivity index (χ0n) is 10.9. The maximum atomic E-state index is 11.7. The SMILES string of the molecule is O=C(Cc1ccccc1)N/N=C/c1cc(Br)cc(Br)c1O. The fourth-order valence-corrected chi connectivity index (χ4v) is 2.94. The van der Waals surface area contributed by atoms with Gasteiger partial charge in [0.15, 0.2) is 0 Å². The number of nitrogens with one attached hydrogen (secondary N) is 1. The second kappa shape index (κ2) is 7.38. The van der Waals surface area contributed by atoms with Crippen molar-refractivity contribution in [1.29, 1.82) is 0 Å². The molecule has 1 amide bonds. The second-order valence-corrected chi connectivity index (χ2v) is 6.05. The van der Waals surface area contributed by atoms with Crippen molar-refractivity contribution in [3.05, 3.63) is 62.5 Å². The van der Waals surface area contributed by atoms with Crippen LogP contribution in [0.5, 0.6) is 5.75 Å². The van der Waals surface area contributed by atoms with Crippen molar-refractivity contribution in [3.8, 4) is 5.75 Å². The lowest BCUT2D eigenvalue weighted by molar-refractivity contribution is -0.120. The Morgan fingerprint density at radius 3 is 2.67 bits per heavy atom. The quantitative estimate of drug-likeness (QED) is 0.596. The normalized spacial score (nSPS) is 10.8. The fourth-order valence-electron chi connectivity index (χ4n) is 1.68. The molecule has 2 N–H and O–H groups in total. The molecule has 2 aromatic carbocycles. The molecule has 0 aromatic heterocycles. The summed E-state index contributed by atoms with van der Waals surface area (Å²) in [4.78, 5) is 11.7. The van der Waals surface area contributed by atoms with Gasteiger partial charge in [0.1, 0.15) is 5.75 Å². The molecule has 0 spiro atoms. The van der Waals surface area contributed by atoms with E-state index in [9.17, 15) is 9.90 Å². The molecule has 6 heteroatoms. The van der Waals surface area contributed by atoms with Crippen LogP contribution in [0.15, 0.2) is 56.5 Å². The van der Waals surface area contributed by atoms with E-state index < -0.39 is 0 Å². The van der Waals surface area contributed by atoms with Gasteiger partial charge in [-0.15, -0.1) is 0 Å². The third-order valence-corrected chi connectivity index (χ3v) is 3.72. The molecule has 0 fully saturated rings. The van der Waals surface area contributed by atoms with Gasteiger partial charge in [0, 0.05) is 10.0 Å². The van der Waals surface area contributed by atoms with Crippen LogP contribution in [0, 0.1) is 0 Å². The molecule has 0 heterocycles. The summed E-state index contributed by atoms with van der Waals surface area (Å²) in [7, 11) is 0. The minimum absolute atomic E-state index is 0.0688. The van der Waals surface area contributed by atoms with Crippen LogP contribution in [0.3, 0.4) is 0 Å². The minimum Gasteiger partial charge on any atom is -0.506 e. The Labute approximate surface area is 139 Å². The number of amides is 1. The Morgan fingerprint density at radius 1 is 1.24 bits per heavy atom. The van der Waals surface area contributed by atoms with E-state index >= 15 is 0 Å². The first-order valence-electron chi connectivity index (χ1n) is 6.10. The van der Waals surface area contributed by atoms with Crippen LogP contribution >= 0.6 is 31.9 Å². The van der Waals surface area contributed by atoms with Crippen molar-refractivity contribution in [2.24, 2.45) is 5.10 Å². The van der Waals surface area contributed by atoms with Gasteiger partial charge in [0.2, 0.25) is 5.91 Å². The lowest BCUT2D eigenvalue weighted by atomic mass is 10.1. The molecule has 2 rings (SSSR count). The molecular formula is C15H12Br2N2O2. The molecule has 2 aromatic rings. The van der Waals surface area contributed by atoms with Crippen LogP contribution in [0.25, 0.3) is 0 Å². The largest absolute Gasteiger partial charge is 0.506 e. The molecule has 0 atom stereocenters. The smallest absolute Gasteiger partial charge is 0.244 e. The molecule has 0 saturated carbocycles. The van der Waals surface area contributed by atoms with Crippen LogP contribution in [0.4, 0.5) is 0 Å². The third kappa shape index (κ3) is 4.68. The number of aromatic hydroxyl groups is 1. The van der Waals surface area contributed by atoms with Crippen LogP contribution < -0.4 is 5.43 Å². The van der Waals surface area contributed by atoms with E-state index in [1.54, 1.807) is 12.1 Å². The summed E-state index contributed by atoms with van der Waals surface area (Å²) >= 11 is 6.56. The van der Waals surface area contributed by atoms with Gasteiger partial charge in [-0.25, -0.2) is 5.43 Å². The lowest BCUT2D eigenvalue weighted by Gasteiger charge is -2.03. The first kappa shape index (κ1) is 15.7. The van der Waals surface area contributed by atoms with Crippen molar-refractivity contribution in [2.45, 2.75) is 6.42 Å². The summed E-state index contributed by atoms with van der Waals surface area (Å²) in [6.07, 6.45) is 1.65. The van der Waals surface area contributed by atoms with E-state index in [-0.39, 0.29) is 18.1 Å². The van der Waals surface area contributed by atoms with E-state index in [2.05, 4.69) is 42.4 Å². The minimum atomic E-state index is -0.217. The average Bonchev–Trinajstić information content (AvgIpc) is 2.45. The van der Waals surface area contributed by atoms with Gasteiger partial charge in [-0.2, -0.15) is 5.10 Å². The first-order valence-corrected chi connectivity index (χ1v) is 7.68. The molecule has 0 radical (unpaired) electrons. The number of phenols is 1. The van der Waals surface area contributed by atoms with E-state index in [0.29, 0.717) is 10.0 Å². The van der Waals surface area contributed by atoms with Crippen LogP contribution in [0.2, 0.25) is 0 Å². The molecular weight excluding hydrogens is 400 g/mol. The van der Waals surface area contributed by atoms with Gasteiger partial charge < -0.3 is 5.11 Å². The highest BCUT2D eigenvalue weighted by Gasteiger charge is 2.06. The number of rotatable bonds is 4. The van der Waals surface area contributed by atoms with E-state index in [4.69, 9.17) is 0 Å². The standard InChI is InChI=1S/C15H12Br2N2O2/c16-12-7-11(15(21)13(17)8-12)9-18-19-14(20)6-10-4-2-1-3-5-10/h1-5,7-9,21H,6H2,(H,19,20)/b18-9+. The maximum absolute atomic E-state index is 11.7. The fraction of sp³-hybridized carbons (Fsp3) is 0.0667. The van der Waals surface area contributed by atoms with Gasteiger partial charge in [0.25, 0.3) is 0 Å². The van der Waals surface area contributed by atoms with E-state index in [1.807, 2.05) is 30.3 Å². The number of halogens is 2. The third-order valence-electron chi connectivity index (χ3n) is 2.66. The number of hydrogen-bond acceptors (Lipinski definition) is 3. The predicted molar refractivity (Wildman–Crippen MR) is 89.4 cm³/mol. The van der Waals surface area contributed by atoms with Crippen molar-refractivity contribution >= 4 is 44.0 Å². The van der Waals surface area contributed by atoms with Crippen molar-refractivity contribution in [2.75, 3.05) is 0 Å². The highest BCUT2D eigenvalue weighted by Crippen LogP contribution is 2.30.